The molecule has 2 rings (SSSR count). The van der Waals surface area contributed by atoms with Crippen molar-refractivity contribution in [1.82, 2.24) is 9.55 Å². The number of aromatic nitrogens is 2. The number of aryl methyl sites for hydroxylation is 1. The molecule has 0 radical (unpaired) electrons. The monoisotopic (exact) mass is 231 g/mol. The third-order valence-electron chi connectivity index (χ3n) is 3.61. The predicted octanol–water partition coefficient (Wildman–Crippen LogP) is 3.36. The largest absolute Gasteiger partial charge is 0.369 e. The molecule has 0 aliphatic rings. The van der Waals surface area contributed by atoms with Gasteiger partial charge in [-0.3, -0.25) is 0 Å². The number of nitrogen functional groups attached to an aromatic ring is 1. The minimum Gasteiger partial charge on any atom is -0.369 e. The standard InChI is InChI=1S/C14H21N3/c1-4-11(5-2)9-17-12-8-6-7-10(3)13(12)16-14(17)15/h6-8,11H,4-5,9H2,1-3H3,(H2,15,16). The summed E-state index contributed by atoms with van der Waals surface area (Å²) >= 11 is 0. The van der Waals surface area contributed by atoms with Crippen LogP contribution in [-0.4, -0.2) is 9.55 Å². The van der Waals surface area contributed by atoms with E-state index < -0.39 is 0 Å². The Balaban J connectivity index is 2.46. The minimum absolute atomic E-state index is 0.640. The highest BCUT2D eigenvalue weighted by molar-refractivity contribution is 5.81. The first kappa shape index (κ1) is 12.0. The zero-order valence-corrected chi connectivity index (χ0v) is 10.9. The molecule has 3 heteroatoms. The fourth-order valence-corrected chi connectivity index (χ4v) is 2.30. The van der Waals surface area contributed by atoms with Gasteiger partial charge in [0, 0.05) is 6.54 Å². The average molecular weight is 231 g/mol. The average Bonchev–Trinajstić information content (AvgIpc) is 2.64. The van der Waals surface area contributed by atoms with Crippen LogP contribution in [0, 0.1) is 12.8 Å². The highest BCUT2D eigenvalue weighted by atomic mass is 15.2. The molecule has 1 aromatic heterocycles. The summed E-state index contributed by atoms with van der Waals surface area (Å²) in [5.74, 6) is 1.32. The number of nitrogens with zero attached hydrogens (tertiary/aromatic N) is 2. The second-order valence-electron chi connectivity index (χ2n) is 4.71. The molecule has 3 nitrogen and oxygen atoms in total. The number of fused-ring (bicyclic) bond motifs is 1. The van der Waals surface area contributed by atoms with E-state index in [9.17, 15) is 0 Å². The molecule has 0 aliphatic heterocycles. The molecule has 0 saturated heterocycles. The second-order valence-corrected chi connectivity index (χ2v) is 4.71. The molecule has 1 heterocycles. The Morgan fingerprint density at radius 1 is 1.29 bits per heavy atom. The maximum Gasteiger partial charge on any atom is 0.201 e. The maximum atomic E-state index is 6.03. The van der Waals surface area contributed by atoms with Crippen molar-refractivity contribution in [3.8, 4) is 0 Å². The summed E-state index contributed by atoms with van der Waals surface area (Å²) in [6, 6.07) is 6.26. The summed E-state index contributed by atoms with van der Waals surface area (Å²) in [6.07, 6.45) is 2.36. The third kappa shape index (κ3) is 2.14. The highest BCUT2D eigenvalue weighted by Gasteiger charge is 2.12. The molecule has 0 spiro atoms. The lowest BCUT2D eigenvalue weighted by atomic mass is 10.0. The number of imidazole rings is 1. The normalized spacial score (nSPS) is 11.5. The first-order valence-corrected chi connectivity index (χ1v) is 6.38. The number of nitrogens with two attached hydrogens (primary N) is 1. The Hall–Kier alpha value is -1.51. The fraction of sp³-hybridized carbons (Fsp3) is 0.500. The van der Waals surface area contributed by atoms with Crippen LogP contribution in [-0.2, 0) is 6.54 Å². The molecule has 92 valence electrons. The van der Waals surface area contributed by atoms with Gasteiger partial charge in [-0.15, -0.1) is 0 Å². The van der Waals surface area contributed by atoms with E-state index >= 15 is 0 Å². The molecule has 17 heavy (non-hydrogen) atoms. The number of benzene rings is 1. The Labute approximate surface area is 103 Å². The van der Waals surface area contributed by atoms with Crippen LogP contribution >= 0.6 is 0 Å². The molecule has 2 aromatic rings. The zero-order chi connectivity index (χ0) is 12.4. The van der Waals surface area contributed by atoms with Gasteiger partial charge in [-0.25, -0.2) is 4.98 Å². The number of hydrogen-bond acceptors (Lipinski definition) is 2. The summed E-state index contributed by atoms with van der Waals surface area (Å²) in [6.45, 7) is 7.51. The van der Waals surface area contributed by atoms with Gasteiger partial charge in [-0.2, -0.15) is 0 Å². The molecule has 2 N–H and O–H groups in total. The maximum absolute atomic E-state index is 6.03. The lowest BCUT2D eigenvalue weighted by molar-refractivity contribution is 0.427. The number of hydrogen-bond donors (Lipinski definition) is 1. The van der Waals surface area contributed by atoms with Gasteiger partial charge in [-0.1, -0.05) is 38.8 Å². The first-order chi connectivity index (χ1) is 8.17. The van der Waals surface area contributed by atoms with Crippen molar-refractivity contribution in [3.63, 3.8) is 0 Å². The third-order valence-corrected chi connectivity index (χ3v) is 3.61. The fourth-order valence-electron chi connectivity index (χ4n) is 2.30. The minimum atomic E-state index is 0.640. The van der Waals surface area contributed by atoms with Crippen LogP contribution in [0.25, 0.3) is 11.0 Å². The summed E-state index contributed by atoms with van der Waals surface area (Å²) in [5, 5.41) is 0. The van der Waals surface area contributed by atoms with Crippen LogP contribution in [0.1, 0.15) is 32.3 Å². The van der Waals surface area contributed by atoms with Crippen LogP contribution in [0.5, 0.6) is 0 Å². The molecular weight excluding hydrogens is 210 g/mol. The van der Waals surface area contributed by atoms with Gasteiger partial charge in [0.25, 0.3) is 0 Å². The molecule has 0 atom stereocenters. The molecule has 0 aliphatic carbocycles. The van der Waals surface area contributed by atoms with E-state index in [1.165, 1.54) is 18.4 Å². The van der Waals surface area contributed by atoms with Crippen LogP contribution in [0.3, 0.4) is 0 Å². The van der Waals surface area contributed by atoms with Crippen LogP contribution < -0.4 is 5.73 Å². The lowest BCUT2D eigenvalue weighted by Crippen LogP contribution is -2.11. The van der Waals surface area contributed by atoms with Gasteiger partial charge >= 0.3 is 0 Å². The SMILES string of the molecule is CCC(CC)Cn1c(N)nc2c(C)cccc21. The lowest BCUT2D eigenvalue weighted by Gasteiger charge is -2.14. The molecule has 1 aromatic carbocycles. The molecular formula is C14H21N3. The van der Waals surface area contributed by atoms with Gasteiger partial charge in [0.05, 0.1) is 11.0 Å². The van der Waals surface area contributed by atoms with E-state index in [0.717, 1.165) is 17.6 Å². The van der Waals surface area contributed by atoms with E-state index in [1.54, 1.807) is 0 Å². The Kier molecular flexibility index (Phi) is 3.36. The van der Waals surface area contributed by atoms with Gasteiger partial charge in [-0.05, 0) is 24.5 Å². The van der Waals surface area contributed by atoms with E-state index in [4.69, 9.17) is 5.73 Å². The summed E-state index contributed by atoms with van der Waals surface area (Å²) in [5.41, 5.74) is 9.42. The Bertz CT molecular complexity index is 509. The Morgan fingerprint density at radius 2 is 2.00 bits per heavy atom. The summed E-state index contributed by atoms with van der Waals surface area (Å²) < 4.78 is 2.15. The number of rotatable bonds is 4. The van der Waals surface area contributed by atoms with Gasteiger partial charge < -0.3 is 10.3 Å². The van der Waals surface area contributed by atoms with Crippen molar-refractivity contribution < 1.29 is 0 Å². The van der Waals surface area contributed by atoms with Crippen molar-refractivity contribution in [2.75, 3.05) is 5.73 Å². The summed E-state index contributed by atoms with van der Waals surface area (Å²) in [7, 11) is 0. The topological polar surface area (TPSA) is 43.8 Å². The van der Waals surface area contributed by atoms with Crippen molar-refractivity contribution in [2.24, 2.45) is 5.92 Å². The van der Waals surface area contributed by atoms with E-state index in [1.807, 2.05) is 0 Å². The number of para-hydroxylation sites is 1. The van der Waals surface area contributed by atoms with E-state index in [2.05, 4.69) is 48.5 Å². The van der Waals surface area contributed by atoms with E-state index in [0.29, 0.717) is 11.9 Å². The van der Waals surface area contributed by atoms with Gasteiger partial charge in [0.15, 0.2) is 0 Å². The van der Waals surface area contributed by atoms with Gasteiger partial charge in [0.2, 0.25) is 5.95 Å². The quantitative estimate of drug-likeness (QED) is 0.876. The molecule has 0 amide bonds. The predicted molar refractivity (Wildman–Crippen MR) is 73.0 cm³/mol. The second kappa shape index (κ2) is 4.78. The number of anilines is 1. The molecule has 0 fully saturated rings. The summed E-state index contributed by atoms with van der Waals surface area (Å²) in [4.78, 5) is 4.48. The van der Waals surface area contributed by atoms with Crippen molar-refractivity contribution in [1.29, 1.82) is 0 Å². The van der Waals surface area contributed by atoms with Crippen LogP contribution in [0.4, 0.5) is 5.95 Å². The smallest absolute Gasteiger partial charge is 0.201 e. The zero-order valence-electron chi connectivity index (χ0n) is 10.9. The van der Waals surface area contributed by atoms with Gasteiger partial charge in [0.1, 0.15) is 0 Å². The van der Waals surface area contributed by atoms with Crippen molar-refractivity contribution in [3.05, 3.63) is 23.8 Å². The highest BCUT2D eigenvalue weighted by Crippen LogP contribution is 2.23. The Morgan fingerprint density at radius 3 is 2.65 bits per heavy atom. The molecule has 0 bridgehead atoms. The van der Waals surface area contributed by atoms with E-state index in [-0.39, 0.29) is 0 Å². The van der Waals surface area contributed by atoms with Crippen LogP contribution in [0.15, 0.2) is 18.2 Å². The molecule has 0 unspecified atom stereocenters. The van der Waals surface area contributed by atoms with Crippen molar-refractivity contribution in [2.45, 2.75) is 40.2 Å². The molecule has 0 saturated carbocycles. The first-order valence-electron chi connectivity index (χ1n) is 6.38. The van der Waals surface area contributed by atoms with Crippen molar-refractivity contribution >= 4 is 17.0 Å². The van der Waals surface area contributed by atoms with Crippen LogP contribution in [0.2, 0.25) is 0 Å².